The molecule has 2 rings (SSSR count). The van der Waals surface area contributed by atoms with Gasteiger partial charge in [0, 0.05) is 25.1 Å². The Morgan fingerprint density at radius 2 is 1.58 bits per heavy atom. The van der Waals surface area contributed by atoms with Gasteiger partial charge in [0.2, 0.25) is 0 Å². The van der Waals surface area contributed by atoms with Gasteiger partial charge in [-0.05, 0) is 17.8 Å². The molecule has 0 unspecified atom stereocenters. The van der Waals surface area contributed by atoms with Crippen LogP contribution in [0.2, 0.25) is 0 Å². The minimum absolute atomic E-state index is 0.302. The molecule has 4 nitrogen and oxygen atoms in total. The number of hydrogen-bond donors (Lipinski definition) is 2. The summed E-state index contributed by atoms with van der Waals surface area (Å²) in [5, 5.41) is 6.78. The maximum absolute atomic E-state index is 4.65. The van der Waals surface area contributed by atoms with Crippen LogP contribution in [0.1, 0.15) is 46.0 Å². The molecule has 106 valence electrons. The number of rotatable bonds is 4. The Balaban J connectivity index is 2.31. The molecule has 0 amide bonds. The van der Waals surface area contributed by atoms with E-state index in [9.17, 15) is 0 Å². The predicted molar refractivity (Wildman–Crippen MR) is 80.7 cm³/mol. The van der Waals surface area contributed by atoms with Crippen molar-refractivity contribution in [3.8, 4) is 0 Å². The van der Waals surface area contributed by atoms with Crippen molar-refractivity contribution < 1.29 is 0 Å². The van der Waals surface area contributed by atoms with Gasteiger partial charge < -0.3 is 10.6 Å². The number of hydrogen-bond acceptors (Lipinski definition) is 4. The molecule has 0 bridgehead atoms. The van der Waals surface area contributed by atoms with Gasteiger partial charge in [-0.25, -0.2) is 9.97 Å². The molecule has 0 radical (unpaired) electrons. The highest BCUT2D eigenvalue weighted by Gasteiger charge is 2.65. The molecule has 1 aromatic rings. The lowest BCUT2D eigenvalue weighted by atomic mass is 10.0. The Labute approximate surface area is 116 Å². The molecule has 0 spiro atoms. The summed E-state index contributed by atoms with van der Waals surface area (Å²) in [7, 11) is 1.91. The van der Waals surface area contributed by atoms with Crippen molar-refractivity contribution in [1.29, 1.82) is 0 Å². The summed E-state index contributed by atoms with van der Waals surface area (Å²) in [4.78, 5) is 9.16. The van der Waals surface area contributed by atoms with Crippen LogP contribution in [-0.4, -0.2) is 23.1 Å². The predicted octanol–water partition coefficient (Wildman–Crippen LogP) is 3.24. The van der Waals surface area contributed by atoms with Crippen LogP contribution in [0.25, 0.3) is 0 Å². The smallest absolute Gasteiger partial charge is 0.135 e. The second kappa shape index (κ2) is 4.36. The van der Waals surface area contributed by atoms with E-state index in [0.717, 1.165) is 29.4 Å². The summed E-state index contributed by atoms with van der Waals surface area (Å²) >= 11 is 0. The van der Waals surface area contributed by atoms with E-state index < -0.39 is 0 Å². The average Bonchev–Trinajstić information content (AvgIpc) is 2.74. The standard InChI is InChI=1S/C15H26N4/c1-8-10-17-11(16-7)9(2)12(18-10)19-13-14(3,4)15(13,5)6/h13H,8H2,1-7H3,(H2,16,17,18,19). The highest BCUT2D eigenvalue weighted by atomic mass is 15.1. The largest absolute Gasteiger partial charge is 0.373 e. The van der Waals surface area contributed by atoms with Gasteiger partial charge in [0.1, 0.15) is 17.5 Å². The van der Waals surface area contributed by atoms with Gasteiger partial charge in [-0.3, -0.25) is 0 Å². The van der Waals surface area contributed by atoms with Crippen LogP contribution in [0.3, 0.4) is 0 Å². The third-order valence-corrected chi connectivity index (χ3v) is 5.05. The molecule has 1 saturated carbocycles. The third kappa shape index (κ3) is 2.07. The van der Waals surface area contributed by atoms with Crippen LogP contribution in [0.4, 0.5) is 11.6 Å². The highest BCUT2D eigenvalue weighted by molar-refractivity contribution is 5.58. The number of nitrogens with one attached hydrogen (secondary N) is 2. The maximum atomic E-state index is 4.65. The molecule has 1 heterocycles. The topological polar surface area (TPSA) is 49.8 Å². The molecule has 0 aliphatic heterocycles. The number of aromatic nitrogens is 2. The van der Waals surface area contributed by atoms with E-state index in [4.69, 9.17) is 0 Å². The molecule has 1 aliphatic carbocycles. The zero-order valence-electron chi connectivity index (χ0n) is 13.2. The first kappa shape index (κ1) is 14.1. The Kier molecular flexibility index (Phi) is 3.23. The first-order chi connectivity index (χ1) is 8.75. The van der Waals surface area contributed by atoms with Gasteiger partial charge in [0.15, 0.2) is 0 Å². The fourth-order valence-corrected chi connectivity index (χ4v) is 2.80. The van der Waals surface area contributed by atoms with Crippen LogP contribution in [-0.2, 0) is 6.42 Å². The Morgan fingerprint density at radius 3 is 2.00 bits per heavy atom. The van der Waals surface area contributed by atoms with Crippen LogP contribution in [0.5, 0.6) is 0 Å². The second-order valence-corrected chi connectivity index (χ2v) is 6.59. The molecule has 0 atom stereocenters. The van der Waals surface area contributed by atoms with E-state index in [0.29, 0.717) is 16.9 Å². The van der Waals surface area contributed by atoms with Crippen molar-refractivity contribution in [3.05, 3.63) is 11.4 Å². The molecule has 4 heteroatoms. The van der Waals surface area contributed by atoms with E-state index >= 15 is 0 Å². The summed E-state index contributed by atoms with van der Waals surface area (Å²) in [6, 6.07) is 0.461. The summed E-state index contributed by atoms with van der Waals surface area (Å²) in [5.74, 6) is 2.78. The monoisotopic (exact) mass is 262 g/mol. The van der Waals surface area contributed by atoms with Crippen molar-refractivity contribution in [2.75, 3.05) is 17.7 Å². The van der Waals surface area contributed by atoms with Gasteiger partial charge in [-0.2, -0.15) is 0 Å². The van der Waals surface area contributed by atoms with Gasteiger partial charge in [-0.1, -0.05) is 34.6 Å². The summed E-state index contributed by atoms with van der Waals surface area (Å²) in [5.41, 5.74) is 1.70. The maximum Gasteiger partial charge on any atom is 0.135 e. The van der Waals surface area contributed by atoms with Crippen LogP contribution < -0.4 is 10.6 Å². The van der Waals surface area contributed by atoms with Gasteiger partial charge in [-0.15, -0.1) is 0 Å². The van der Waals surface area contributed by atoms with Gasteiger partial charge in [0.25, 0.3) is 0 Å². The third-order valence-electron chi connectivity index (χ3n) is 5.05. The molecule has 19 heavy (non-hydrogen) atoms. The summed E-state index contributed by atoms with van der Waals surface area (Å²) < 4.78 is 0. The Bertz CT molecular complexity index is 477. The first-order valence-electron chi connectivity index (χ1n) is 7.07. The van der Waals surface area contributed by atoms with Crippen molar-refractivity contribution in [1.82, 2.24) is 9.97 Å². The Morgan fingerprint density at radius 1 is 1.05 bits per heavy atom. The van der Waals surface area contributed by atoms with Crippen molar-refractivity contribution in [2.45, 2.75) is 54.0 Å². The SMILES string of the molecule is CCc1nc(NC)c(C)c(NC2C(C)(C)C2(C)C)n1. The lowest BCUT2D eigenvalue weighted by Gasteiger charge is -2.14. The minimum atomic E-state index is 0.302. The zero-order chi connectivity index (χ0) is 14.4. The van der Waals surface area contributed by atoms with E-state index in [1.807, 2.05) is 7.05 Å². The molecule has 0 saturated heterocycles. The van der Waals surface area contributed by atoms with E-state index in [2.05, 4.69) is 62.1 Å². The van der Waals surface area contributed by atoms with Crippen LogP contribution in [0.15, 0.2) is 0 Å². The molecular formula is C15H26N4. The lowest BCUT2D eigenvalue weighted by molar-refractivity contribution is 0.457. The number of nitrogens with zero attached hydrogens (tertiary/aromatic N) is 2. The van der Waals surface area contributed by atoms with Crippen LogP contribution >= 0.6 is 0 Å². The normalized spacial score (nSPS) is 20.2. The Hall–Kier alpha value is -1.32. The molecule has 1 aromatic heterocycles. The number of anilines is 2. The van der Waals surface area contributed by atoms with Crippen molar-refractivity contribution >= 4 is 11.6 Å². The zero-order valence-corrected chi connectivity index (χ0v) is 13.2. The molecular weight excluding hydrogens is 236 g/mol. The average molecular weight is 262 g/mol. The van der Waals surface area contributed by atoms with E-state index in [-0.39, 0.29) is 0 Å². The summed E-state index contributed by atoms with van der Waals surface area (Å²) in [6.07, 6.45) is 0.848. The van der Waals surface area contributed by atoms with E-state index in [1.54, 1.807) is 0 Å². The van der Waals surface area contributed by atoms with Gasteiger partial charge in [0.05, 0.1) is 0 Å². The lowest BCUT2D eigenvalue weighted by Crippen LogP contribution is -2.15. The van der Waals surface area contributed by atoms with Crippen LogP contribution in [0, 0.1) is 17.8 Å². The molecule has 0 aromatic carbocycles. The first-order valence-corrected chi connectivity index (χ1v) is 7.07. The molecule has 2 N–H and O–H groups in total. The quantitative estimate of drug-likeness (QED) is 0.874. The van der Waals surface area contributed by atoms with E-state index in [1.165, 1.54) is 0 Å². The molecule has 1 fully saturated rings. The second-order valence-electron chi connectivity index (χ2n) is 6.59. The fourth-order valence-electron chi connectivity index (χ4n) is 2.80. The van der Waals surface area contributed by atoms with Crippen molar-refractivity contribution in [3.63, 3.8) is 0 Å². The number of aryl methyl sites for hydroxylation is 1. The minimum Gasteiger partial charge on any atom is -0.373 e. The molecule has 1 aliphatic rings. The van der Waals surface area contributed by atoms with Crippen molar-refractivity contribution in [2.24, 2.45) is 10.8 Å². The summed E-state index contributed by atoms with van der Waals surface area (Å²) in [6.45, 7) is 13.4. The fraction of sp³-hybridized carbons (Fsp3) is 0.733. The van der Waals surface area contributed by atoms with Gasteiger partial charge >= 0.3 is 0 Å². The highest BCUT2D eigenvalue weighted by Crippen LogP contribution is 2.63.